The number of hydrogen-bond donors (Lipinski definition) is 0. The highest BCUT2D eigenvalue weighted by Crippen LogP contribution is 2.25. The molecule has 1 aromatic heterocycles. The van der Waals surface area contributed by atoms with E-state index in [2.05, 4.69) is 43.6 Å². The predicted octanol–water partition coefficient (Wildman–Crippen LogP) is 3.25. The van der Waals surface area contributed by atoms with Crippen molar-refractivity contribution in [3.8, 4) is 5.69 Å². The van der Waals surface area contributed by atoms with E-state index in [0.717, 1.165) is 11.9 Å². The fraction of sp³-hybridized carbons (Fsp3) is 0.526. The Bertz CT molecular complexity index is 632. The predicted molar refractivity (Wildman–Crippen MR) is 94.3 cm³/mol. The van der Waals surface area contributed by atoms with Crippen molar-refractivity contribution in [2.24, 2.45) is 0 Å². The van der Waals surface area contributed by atoms with E-state index in [0.29, 0.717) is 0 Å². The summed E-state index contributed by atoms with van der Waals surface area (Å²) in [5.41, 5.74) is 2.54. The Morgan fingerprint density at radius 2 is 1.57 bits per heavy atom. The maximum Gasteiger partial charge on any atom is 0.110 e. The Morgan fingerprint density at radius 1 is 0.913 bits per heavy atom. The Labute approximate surface area is 138 Å². The molecule has 0 saturated carbocycles. The number of hydrogen-bond acceptors (Lipinski definition) is 3. The standard InChI is InChI=1S/C19H26N4/c1-16-20-10-15-23(16)19-6-4-17(5-7-19)22-13-8-18(9-14-22)21-11-2-3-12-21/h4-7,10,15,18H,2-3,8-9,11-14H2,1H3. The molecule has 0 unspecified atom stereocenters. The molecule has 2 aromatic rings. The summed E-state index contributed by atoms with van der Waals surface area (Å²) in [4.78, 5) is 9.55. The van der Waals surface area contributed by atoms with E-state index in [-0.39, 0.29) is 0 Å². The molecule has 4 heteroatoms. The number of likely N-dealkylation sites (tertiary alicyclic amines) is 1. The quantitative estimate of drug-likeness (QED) is 0.870. The molecule has 2 aliphatic heterocycles. The summed E-state index contributed by atoms with van der Waals surface area (Å²) in [5.74, 6) is 1.03. The van der Waals surface area contributed by atoms with E-state index >= 15 is 0 Å². The van der Waals surface area contributed by atoms with E-state index < -0.39 is 0 Å². The van der Waals surface area contributed by atoms with Crippen molar-refractivity contribution in [3.05, 3.63) is 42.5 Å². The third kappa shape index (κ3) is 3.00. The van der Waals surface area contributed by atoms with Crippen LogP contribution in [0.25, 0.3) is 5.69 Å². The second kappa shape index (κ2) is 6.36. The molecule has 0 N–H and O–H groups in total. The van der Waals surface area contributed by atoms with Crippen LogP contribution < -0.4 is 4.90 Å². The summed E-state index contributed by atoms with van der Waals surface area (Å²) in [6.07, 6.45) is 9.29. The zero-order chi connectivity index (χ0) is 15.6. The second-order valence-electron chi connectivity index (χ2n) is 6.82. The summed E-state index contributed by atoms with van der Waals surface area (Å²) in [6.45, 7) is 7.06. The van der Waals surface area contributed by atoms with Crippen molar-refractivity contribution in [2.45, 2.75) is 38.6 Å². The molecule has 2 aliphatic rings. The lowest BCUT2D eigenvalue weighted by atomic mass is 10.0. The van der Waals surface area contributed by atoms with Gasteiger partial charge in [-0.3, -0.25) is 0 Å². The normalized spacial score (nSPS) is 20.3. The molecule has 1 aromatic carbocycles. The highest BCUT2D eigenvalue weighted by molar-refractivity contribution is 5.51. The van der Waals surface area contributed by atoms with Gasteiger partial charge in [-0.25, -0.2) is 4.98 Å². The van der Waals surface area contributed by atoms with Gasteiger partial charge >= 0.3 is 0 Å². The lowest BCUT2D eigenvalue weighted by Gasteiger charge is -2.37. The molecule has 0 radical (unpaired) electrons. The van der Waals surface area contributed by atoms with E-state index in [9.17, 15) is 0 Å². The van der Waals surface area contributed by atoms with Crippen LogP contribution in [0.2, 0.25) is 0 Å². The zero-order valence-electron chi connectivity index (χ0n) is 14.0. The van der Waals surface area contributed by atoms with Crippen LogP contribution in [0.5, 0.6) is 0 Å². The highest BCUT2D eigenvalue weighted by atomic mass is 15.2. The van der Waals surface area contributed by atoms with Gasteiger partial charge in [-0.1, -0.05) is 0 Å². The average molecular weight is 310 g/mol. The SMILES string of the molecule is Cc1nccn1-c1ccc(N2CCC(N3CCCC3)CC2)cc1. The van der Waals surface area contributed by atoms with Crippen LogP contribution in [-0.4, -0.2) is 46.7 Å². The summed E-state index contributed by atoms with van der Waals surface area (Å²) >= 11 is 0. The largest absolute Gasteiger partial charge is 0.371 e. The molecule has 4 nitrogen and oxygen atoms in total. The van der Waals surface area contributed by atoms with Crippen LogP contribution in [0.15, 0.2) is 36.7 Å². The Balaban J connectivity index is 1.40. The Hall–Kier alpha value is -1.81. The second-order valence-corrected chi connectivity index (χ2v) is 6.82. The van der Waals surface area contributed by atoms with Gasteiger partial charge in [0.25, 0.3) is 0 Å². The number of nitrogens with zero attached hydrogens (tertiary/aromatic N) is 4. The molecule has 2 fully saturated rings. The number of aryl methyl sites for hydroxylation is 1. The van der Waals surface area contributed by atoms with Crippen LogP contribution in [0.1, 0.15) is 31.5 Å². The number of anilines is 1. The van der Waals surface area contributed by atoms with Crippen LogP contribution in [0.4, 0.5) is 5.69 Å². The number of benzene rings is 1. The summed E-state index contributed by atoms with van der Waals surface area (Å²) in [6, 6.07) is 9.74. The third-order valence-corrected chi connectivity index (χ3v) is 5.44. The van der Waals surface area contributed by atoms with Crippen molar-refractivity contribution < 1.29 is 0 Å². The van der Waals surface area contributed by atoms with E-state index in [4.69, 9.17) is 0 Å². The van der Waals surface area contributed by atoms with Crippen LogP contribution in [0.3, 0.4) is 0 Å². The van der Waals surface area contributed by atoms with Crippen LogP contribution in [0, 0.1) is 6.92 Å². The molecule has 0 bridgehead atoms. The maximum absolute atomic E-state index is 4.30. The highest BCUT2D eigenvalue weighted by Gasteiger charge is 2.26. The molecule has 4 rings (SSSR count). The van der Waals surface area contributed by atoms with Crippen LogP contribution >= 0.6 is 0 Å². The fourth-order valence-electron chi connectivity index (χ4n) is 4.07. The molecule has 0 spiro atoms. The topological polar surface area (TPSA) is 24.3 Å². The van der Waals surface area contributed by atoms with E-state index in [1.54, 1.807) is 0 Å². The van der Waals surface area contributed by atoms with Crippen LogP contribution in [-0.2, 0) is 0 Å². The van der Waals surface area contributed by atoms with Crippen molar-refractivity contribution in [2.75, 3.05) is 31.1 Å². The lowest BCUT2D eigenvalue weighted by molar-refractivity contribution is 0.208. The van der Waals surface area contributed by atoms with Gasteiger partial charge < -0.3 is 14.4 Å². The maximum atomic E-state index is 4.30. The minimum absolute atomic E-state index is 0.821. The van der Waals surface area contributed by atoms with Gasteiger partial charge in [0.1, 0.15) is 5.82 Å². The number of rotatable bonds is 3. The Morgan fingerprint density at radius 3 is 2.17 bits per heavy atom. The van der Waals surface area contributed by atoms with Crippen molar-refractivity contribution in [1.29, 1.82) is 0 Å². The van der Waals surface area contributed by atoms with Gasteiger partial charge in [-0.2, -0.15) is 0 Å². The molecule has 0 atom stereocenters. The monoisotopic (exact) mass is 310 g/mol. The number of piperidine rings is 1. The minimum atomic E-state index is 0.821. The van der Waals surface area contributed by atoms with Gasteiger partial charge in [0.15, 0.2) is 0 Å². The van der Waals surface area contributed by atoms with Gasteiger partial charge in [0, 0.05) is 42.9 Å². The number of imidazole rings is 1. The van der Waals surface area contributed by atoms with Gasteiger partial charge in [-0.05, 0) is 70.0 Å². The first-order chi connectivity index (χ1) is 11.3. The molecule has 2 saturated heterocycles. The summed E-state index contributed by atoms with van der Waals surface area (Å²) < 4.78 is 2.13. The van der Waals surface area contributed by atoms with Gasteiger partial charge in [0.2, 0.25) is 0 Å². The number of aromatic nitrogens is 2. The molecule has 0 aliphatic carbocycles. The average Bonchev–Trinajstić information content (AvgIpc) is 3.27. The third-order valence-electron chi connectivity index (χ3n) is 5.44. The van der Waals surface area contributed by atoms with Gasteiger partial charge in [0.05, 0.1) is 0 Å². The summed E-state index contributed by atoms with van der Waals surface area (Å²) in [5, 5.41) is 0. The minimum Gasteiger partial charge on any atom is -0.371 e. The fourth-order valence-corrected chi connectivity index (χ4v) is 4.07. The molecule has 3 heterocycles. The molecule has 122 valence electrons. The first-order valence-electron chi connectivity index (χ1n) is 8.91. The van der Waals surface area contributed by atoms with Crippen molar-refractivity contribution >= 4 is 5.69 Å². The van der Waals surface area contributed by atoms with E-state index in [1.165, 1.54) is 63.2 Å². The molecular formula is C19H26N4. The first kappa shape index (κ1) is 14.8. The molecule has 23 heavy (non-hydrogen) atoms. The Kier molecular flexibility index (Phi) is 4.08. The van der Waals surface area contributed by atoms with Crippen molar-refractivity contribution in [3.63, 3.8) is 0 Å². The zero-order valence-corrected chi connectivity index (χ0v) is 14.0. The molecular weight excluding hydrogens is 284 g/mol. The van der Waals surface area contributed by atoms with Crippen molar-refractivity contribution in [1.82, 2.24) is 14.5 Å². The smallest absolute Gasteiger partial charge is 0.110 e. The summed E-state index contributed by atoms with van der Waals surface area (Å²) in [7, 11) is 0. The molecule has 0 amide bonds. The first-order valence-corrected chi connectivity index (χ1v) is 8.91. The van der Waals surface area contributed by atoms with E-state index in [1.807, 2.05) is 19.3 Å². The van der Waals surface area contributed by atoms with Gasteiger partial charge in [-0.15, -0.1) is 0 Å². The lowest BCUT2D eigenvalue weighted by Crippen LogP contribution is -2.43.